The van der Waals surface area contributed by atoms with Crippen LogP contribution in [0.1, 0.15) is 22.3 Å². The summed E-state index contributed by atoms with van der Waals surface area (Å²) >= 11 is 5.95. The van der Waals surface area contributed by atoms with Crippen LogP contribution in [0, 0.1) is 0 Å². The fourth-order valence-corrected chi connectivity index (χ4v) is 2.52. The third kappa shape index (κ3) is 1.20. The summed E-state index contributed by atoms with van der Waals surface area (Å²) in [7, 11) is 0. The normalized spacial score (nSPS) is 28.2. The maximum Gasteiger partial charge on any atom is 0.339 e. The summed E-state index contributed by atoms with van der Waals surface area (Å²) in [5, 5.41) is 3.87. The van der Waals surface area contributed by atoms with E-state index in [1.165, 1.54) is 0 Å². The van der Waals surface area contributed by atoms with Gasteiger partial charge in [0.05, 0.1) is 5.56 Å². The van der Waals surface area contributed by atoms with Gasteiger partial charge in [0.25, 0.3) is 0 Å². The molecule has 0 amide bonds. The van der Waals surface area contributed by atoms with E-state index in [9.17, 15) is 4.79 Å². The molecule has 1 spiro atoms. The quantitative estimate of drug-likeness (QED) is 0.681. The summed E-state index contributed by atoms with van der Waals surface area (Å²) in [5.41, 5.74) is 1.13. The number of carbonyl (C=O) groups is 1. The van der Waals surface area contributed by atoms with E-state index in [2.05, 4.69) is 5.32 Å². The van der Waals surface area contributed by atoms with E-state index in [0.717, 1.165) is 18.5 Å². The molecule has 2 aliphatic heterocycles. The molecule has 1 atom stereocenters. The van der Waals surface area contributed by atoms with Crippen LogP contribution in [0.5, 0.6) is 0 Å². The number of nitrogens with one attached hydrogen (secondary N) is 1. The zero-order valence-electron chi connectivity index (χ0n) is 8.05. The van der Waals surface area contributed by atoms with Crippen molar-refractivity contribution in [3.8, 4) is 0 Å². The highest BCUT2D eigenvalue weighted by Crippen LogP contribution is 2.41. The van der Waals surface area contributed by atoms with Crippen molar-refractivity contribution < 1.29 is 9.53 Å². The van der Waals surface area contributed by atoms with Gasteiger partial charge in [0, 0.05) is 23.6 Å². The molecule has 78 valence electrons. The van der Waals surface area contributed by atoms with Crippen LogP contribution in [0.3, 0.4) is 0 Å². The van der Waals surface area contributed by atoms with Crippen LogP contribution >= 0.6 is 11.6 Å². The lowest BCUT2D eigenvalue weighted by Crippen LogP contribution is -2.28. The molecule has 0 aliphatic carbocycles. The first-order valence-corrected chi connectivity index (χ1v) is 5.33. The number of hydrogen-bond acceptors (Lipinski definition) is 3. The molecule has 1 unspecified atom stereocenters. The maximum atomic E-state index is 11.6. The minimum absolute atomic E-state index is 0.231. The van der Waals surface area contributed by atoms with Gasteiger partial charge >= 0.3 is 5.97 Å². The van der Waals surface area contributed by atoms with Gasteiger partial charge in [-0.25, -0.2) is 4.79 Å². The van der Waals surface area contributed by atoms with Crippen molar-refractivity contribution >= 4 is 17.6 Å². The highest BCUT2D eigenvalue weighted by molar-refractivity contribution is 6.30. The maximum absolute atomic E-state index is 11.6. The molecule has 0 radical (unpaired) electrons. The smallest absolute Gasteiger partial charge is 0.339 e. The molecule has 1 aromatic carbocycles. The number of fused-ring (bicyclic) bond motifs is 2. The number of hydrogen-bond donors (Lipinski definition) is 1. The van der Waals surface area contributed by atoms with Gasteiger partial charge in [-0.05, 0) is 24.7 Å². The predicted octanol–water partition coefficient (Wildman–Crippen LogP) is 1.70. The van der Waals surface area contributed by atoms with Crippen LogP contribution in [0.2, 0.25) is 5.02 Å². The van der Waals surface area contributed by atoms with Crippen LogP contribution in [0.15, 0.2) is 18.2 Å². The summed E-state index contributed by atoms with van der Waals surface area (Å²) in [4.78, 5) is 11.6. The first-order valence-electron chi connectivity index (χ1n) is 4.95. The average Bonchev–Trinajstić information content (AvgIpc) is 2.76. The summed E-state index contributed by atoms with van der Waals surface area (Å²) < 4.78 is 5.48. The standard InChI is InChI=1S/C11H10ClNO2/c12-7-1-2-8-9(5-7)11(15-10(8)14)3-4-13-6-11/h1-2,5,13H,3-4,6H2. The van der Waals surface area contributed by atoms with Crippen LogP contribution in [-0.2, 0) is 10.3 Å². The van der Waals surface area contributed by atoms with Gasteiger partial charge in [-0.3, -0.25) is 0 Å². The third-order valence-electron chi connectivity index (χ3n) is 3.10. The molecule has 1 saturated heterocycles. The molecule has 1 aromatic rings. The second-order valence-corrected chi connectivity index (χ2v) is 4.44. The Morgan fingerprint density at radius 2 is 2.33 bits per heavy atom. The SMILES string of the molecule is O=C1OC2(CCNC2)c2cc(Cl)ccc21. The Labute approximate surface area is 92.4 Å². The van der Waals surface area contributed by atoms with Gasteiger partial charge in [0.15, 0.2) is 5.60 Å². The van der Waals surface area contributed by atoms with Gasteiger partial charge in [-0.1, -0.05) is 11.6 Å². The summed E-state index contributed by atoms with van der Waals surface area (Å²) in [6, 6.07) is 5.31. The first kappa shape index (κ1) is 9.19. The van der Waals surface area contributed by atoms with E-state index in [0.29, 0.717) is 17.1 Å². The Bertz CT molecular complexity index is 438. The van der Waals surface area contributed by atoms with Crippen molar-refractivity contribution in [1.82, 2.24) is 5.32 Å². The van der Waals surface area contributed by atoms with Crippen molar-refractivity contribution in [3.05, 3.63) is 34.3 Å². The van der Waals surface area contributed by atoms with Gasteiger partial charge in [-0.2, -0.15) is 0 Å². The minimum Gasteiger partial charge on any atom is -0.449 e. The molecule has 1 fully saturated rings. The van der Waals surface area contributed by atoms with E-state index in [-0.39, 0.29) is 5.97 Å². The Morgan fingerprint density at radius 3 is 3.07 bits per heavy atom. The highest BCUT2D eigenvalue weighted by atomic mass is 35.5. The molecule has 3 nitrogen and oxygen atoms in total. The third-order valence-corrected chi connectivity index (χ3v) is 3.33. The second-order valence-electron chi connectivity index (χ2n) is 4.00. The minimum atomic E-state index is -0.461. The monoisotopic (exact) mass is 223 g/mol. The van der Waals surface area contributed by atoms with Crippen LogP contribution in [0.25, 0.3) is 0 Å². The predicted molar refractivity (Wildman–Crippen MR) is 56.0 cm³/mol. The van der Waals surface area contributed by atoms with Crippen molar-refractivity contribution in [2.45, 2.75) is 12.0 Å². The molecule has 2 heterocycles. The van der Waals surface area contributed by atoms with Crippen molar-refractivity contribution in [2.24, 2.45) is 0 Å². The zero-order chi connectivity index (χ0) is 10.5. The summed E-state index contributed by atoms with van der Waals surface area (Å²) in [5.74, 6) is -0.231. The number of halogens is 1. The number of carbonyl (C=O) groups excluding carboxylic acids is 1. The zero-order valence-corrected chi connectivity index (χ0v) is 8.80. The molecule has 2 aliphatic rings. The summed E-state index contributed by atoms with van der Waals surface area (Å²) in [6.07, 6.45) is 0.825. The fraction of sp³-hybridized carbons (Fsp3) is 0.364. The topological polar surface area (TPSA) is 38.3 Å². The Balaban J connectivity index is 2.19. The van der Waals surface area contributed by atoms with Crippen molar-refractivity contribution in [3.63, 3.8) is 0 Å². The molecule has 0 aromatic heterocycles. The second kappa shape index (κ2) is 2.97. The van der Waals surface area contributed by atoms with E-state index in [4.69, 9.17) is 16.3 Å². The molecule has 0 bridgehead atoms. The van der Waals surface area contributed by atoms with Gasteiger partial charge < -0.3 is 10.1 Å². The number of benzene rings is 1. The number of rotatable bonds is 0. The van der Waals surface area contributed by atoms with Crippen LogP contribution in [-0.4, -0.2) is 19.1 Å². The van der Waals surface area contributed by atoms with E-state index < -0.39 is 5.60 Å². The molecule has 1 N–H and O–H groups in total. The number of esters is 1. The van der Waals surface area contributed by atoms with Gasteiger partial charge in [-0.15, -0.1) is 0 Å². The van der Waals surface area contributed by atoms with Gasteiger partial charge in [0.2, 0.25) is 0 Å². The fourth-order valence-electron chi connectivity index (χ4n) is 2.34. The Morgan fingerprint density at radius 1 is 1.47 bits per heavy atom. The average molecular weight is 224 g/mol. The Hall–Kier alpha value is -1.06. The first-order chi connectivity index (χ1) is 7.21. The molecular formula is C11H10ClNO2. The Kier molecular flexibility index (Phi) is 1.82. The molecular weight excluding hydrogens is 214 g/mol. The molecule has 0 saturated carbocycles. The van der Waals surface area contributed by atoms with E-state index >= 15 is 0 Å². The molecule has 3 rings (SSSR count). The van der Waals surface area contributed by atoms with E-state index in [1.54, 1.807) is 12.1 Å². The lowest BCUT2D eigenvalue weighted by molar-refractivity contribution is 0.00164. The van der Waals surface area contributed by atoms with Crippen LogP contribution in [0.4, 0.5) is 0 Å². The lowest BCUT2D eigenvalue weighted by atomic mass is 9.92. The van der Waals surface area contributed by atoms with E-state index in [1.807, 2.05) is 6.07 Å². The van der Waals surface area contributed by atoms with Crippen LogP contribution < -0.4 is 5.32 Å². The van der Waals surface area contributed by atoms with Crippen molar-refractivity contribution in [1.29, 1.82) is 0 Å². The van der Waals surface area contributed by atoms with Gasteiger partial charge in [0.1, 0.15) is 0 Å². The summed E-state index contributed by atoms with van der Waals surface area (Å²) in [6.45, 7) is 1.56. The molecule has 4 heteroatoms. The lowest BCUT2D eigenvalue weighted by Gasteiger charge is -2.21. The number of ether oxygens (including phenoxy) is 1. The highest BCUT2D eigenvalue weighted by Gasteiger charge is 2.47. The largest absolute Gasteiger partial charge is 0.449 e. The molecule has 15 heavy (non-hydrogen) atoms. The van der Waals surface area contributed by atoms with Crippen molar-refractivity contribution in [2.75, 3.05) is 13.1 Å².